The second kappa shape index (κ2) is 7.85. The monoisotopic (exact) mass is 355 g/mol. The van der Waals surface area contributed by atoms with Crippen LogP contribution >= 0.6 is 11.6 Å². The minimum Gasteiger partial charge on any atom is -0.494 e. The average molecular weight is 356 g/mol. The van der Waals surface area contributed by atoms with E-state index in [1.54, 1.807) is 18.3 Å². The van der Waals surface area contributed by atoms with Crippen molar-refractivity contribution < 1.29 is 9.53 Å². The molecule has 6 heteroatoms. The molecule has 0 saturated carbocycles. The van der Waals surface area contributed by atoms with Gasteiger partial charge in [-0.15, -0.1) is 0 Å². The van der Waals surface area contributed by atoms with Crippen LogP contribution in [0.1, 0.15) is 18.2 Å². The minimum absolute atomic E-state index is 0.177. The van der Waals surface area contributed by atoms with E-state index in [1.165, 1.54) is 6.08 Å². The zero-order chi connectivity index (χ0) is 17.6. The Morgan fingerprint density at radius 1 is 1.24 bits per heavy atom. The van der Waals surface area contributed by atoms with Crippen molar-refractivity contribution in [3.63, 3.8) is 0 Å². The van der Waals surface area contributed by atoms with Gasteiger partial charge in [-0.1, -0.05) is 23.7 Å². The van der Waals surface area contributed by atoms with Gasteiger partial charge >= 0.3 is 0 Å². The molecule has 0 aliphatic carbocycles. The summed E-state index contributed by atoms with van der Waals surface area (Å²) < 4.78 is 7.22. The fourth-order valence-electron chi connectivity index (χ4n) is 2.35. The second-order valence-electron chi connectivity index (χ2n) is 5.40. The number of pyridine rings is 1. The molecule has 5 nitrogen and oxygen atoms in total. The van der Waals surface area contributed by atoms with Crippen molar-refractivity contribution in [3.05, 3.63) is 71.1 Å². The fourth-order valence-corrected chi connectivity index (χ4v) is 2.52. The summed E-state index contributed by atoms with van der Waals surface area (Å²) in [7, 11) is 0. The molecule has 1 N–H and O–H groups in total. The Labute approximate surface area is 150 Å². The second-order valence-corrected chi connectivity index (χ2v) is 5.83. The molecule has 2 aromatic heterocycles. The standard InChI is InChI=1S/C19H18ClN3O2/c1-2-25-17-7-3-14(4-8-17)5-10-19(24)21-11-16-13-23-12-15(20)6-9-18(23)22-16/h3-10,12-13H,2,11H2,1H3,(H,21,24)/b10-5+. The zero-order valence-electron chi connectivity index (χ0n) is 13.8. The Kier molecular flexibility index (Phi) is 5.36. The third-order valence-electron chi connectivity index (χ3n) is 3.53. The van der Waals surface area contributed by atoms with Crippen LogP contribution in [0.15, 0.2) is 54.9 Å². The van der Waals surface area contributed by atoms with Crippen LogP contribution < -0.4 is 10.1 Å². The Bertz CT molecular complexity index is 901. The van der Waals surface area contributed by atoms with E-state index >= 15 is 0 Å². The predicted molar refractivity (Wildman–Crippen MR) is 98.7 cm³/mol. The van der Waals surface area contributed by atoms with Gasteiger partial charge in [0.05, 0.1) is 23.9 Å². The van der Waals surface area contributed by atoms with Crippen LogP contribution in [0.2, 0.25) is 5.02 Å². The van der Waals surface area contributed by atoms with E-state index in [4.69, 9.17) is 16.3 Å². The third-order valence-corrected chi connectivity index (χ3v) is 3.75. The van der Waals surface area contributed by atoms with E-state index in [0.29, 0.717) is 18.2 Å². The number of rotatable bonds is 6. The topological polar surface area (TPSA) is 55.6 Å². The predicted octanol–water partition coefficient (Wildman–Crippen LogP) is 3.72. The molecule has 0 fully saturated rings. The van der Waals surface area contributed by atoms with Crippen LogP contribution in [0.5, 0.6) is 5.75 Å². The summed E-state index contributed by atoms with van der Waals surface area (Å²) in [6.07, 6.45) is 6.88. The van der Waals surface area contributed by atoms with Crippen molar-refractivity contribution in [1.82, 2.24) is 14.7 Å². The molecule has 128 valence electrons. The highest BCUT2D eigenvalue weighted by atomic mass is 35.5. The number of benzene rings is 1. The lowest BCUT2D eigenvalue weighted by Crippen LogP contribution is -2.20. The number of aromatic nitrogens is 2. The van der Waals surface area contributed by atoms with E-state index in [1.807, 2.05) is 47.9 Å². The maximum absolute atomic E-state index is 12.0. The van der Waals surface area contributed by atoms with Crippen LogP contribution in [0.25, 0.3) is 11.7 Å². The van der Waals surface area contributed by atoms with Gasteiger partial charge in [-0.05, 0) is 42.8 Å². The van der Waals surface area contributed by atoms with Gasteiger partial charge in [0.2, 0.25) is 5.91 Å². The first-order valence-corrected chi connectivity index (χ1v) is 8.34. The summed E-state index contributed by atoms with van der Waals surface area (Å²) in [6, 6.07) is 11.2. The smallest absolute Gasteiger partial charge is 0.244 e. The summed E-state index contributed by atoms with van der Waals surface area (Å²) in [5, 5.41) is 3.45. The van der Waals surface area contributed by atoms with Crippen LogP contribution in [0.3, 0.4) is 0 Å². The molecule has 0 bridgehead atoms. The number of hydrogen-bond acceptors (Lipinski definition) is 3. The van der Waals surface area contributed by atoms with Crippen LogP contribution in [-0.4, -0.2) is 21.9 Å². The summed E-state index contributed by atoms with van der Waals surface area (Å²) in [6.45, 7) is 2.93. The molecule has 3 rings (SSSR count). The maximum Gasteiger partial charge on any atom is 0.244 e. The lowest BCUT2D eigenvalue weighted by molar-refractivity contribution is -0.116. The maximum atomic E-state index is 12.0. The highest BCUT2D eigenvalue weighted by molar-refractivity contribution is 6.30. The zero-order valence-corrected chi connectivity index (χ0v) is 14.5. The summed E-state index contributed by atoms with van der Waals surface area (Å²) >= 11 is 5.95. The van der Waals surface area contributed by atoms with Crippen molar-refractivity contribution in [2.75, 3.05) is 6.61 Å². The number of amides is 1. The highest BCUT2D eigenvalue weighted by Crippen LogP contribution is 2.13. The molecule has 1 amide bonds. The average Bonchev–Trinajstić information content (AvgIpc) is 3.01. The number of nitrogens with zero attached hydrogens (tertiary/aromatic N) is 2. The molecule has 25 heavy (non-hydrogen) atoms. The van der Waals surface area contributed by atoms with Crippen molar-refractivity contribution >= 4 is 29.2 Å². The molecule has 3 aromatic rings. The fraction of sp³-hybridized carbons (Fsp3) is 0.158. The van der Waals surface area contributed by atoms with Crippen molar-refractivity contribution in [2.45, 2.75) is 13.5 Å². The number of fused-ring (bicyclic) bond motifs is 1. The molecule has 0 atom stereocenters. The van der Waals surface area contributed by atoms with Crippen LogP contribution in [0, 0.1) is 0 Å². The number of imidazole rings is 1. The minimum atomic E-state index is -0.177. The van der Waals surface area contributed by atoms with Crippen molar-refractivity contribution in [3.8, 4) is 5.75 Å². The quantitative estimate of drug-likeness (QED) is 0.686. The lowest BCUT2D eigenvalue weighted by Gasteiger charge is -2.02. The van der Waals surface area contributed by atoms with Gasteiger partial charge in [0, 0.05) is 18.5 Å². The first kappa shape index (κ1) is 17.0. The van der Waals surface area contributed by atoms with E-state index in [2.05, 4.69) is 10.3 Å². The third kappa shape index (κ3) is 4.61. The van der Waals surface area contributed by atoms with Crippen LogP contribution in [0.4, 0.5) is 0 Å². The van der Waals surface area contributed by atoms with Gasteiger partial charge in [0.1, 0.15) is 11.4 Å². The van der Waals surface area contributed by atoms with Crippen LogP contribution in [-0.2, 0) is 11.3 Å². The molecule has 1 aromatic carbocycles. The summed E-state index contributed by atoms with van der Waals surface area (Å²) in [5.41, 5.74) is 2.49. The van der Waals surface area contributed by atoms with Gasteiger partial charge in [-0.25, -0.2) is 4.98 Å². The van der Waals surface area contributed by atoms with Gasteiger partial charge in [0.15, 0.2) is 0 Å². The molecule has 0 spiro atoms. The first-order valence-electron chi connectivity index (χ1n) is 7.96. The number of ether oxygens (including phenoxy) is 1. The molecular weight excluding hydrogens is 338 g/mol. The number of hydrogen-bond donors (Lipinski definition) is 1. The van der Waals surface area contributed by atoms with Crippen molar-refractivity contribution in [2.24, 2.45) is 0 Å². The van der Waals surface area contributed by atoms with Gasteiger partial charge in [-0.3, -0.25) is 4.79 Å². The number of carbonyl (C=O) groups is 1. The number of carbonyl (C=O) groups excluding carboxylic acids is 1. The lowest BCUT2D eigenvalue weighted by atomic mass is 10.2. The Hall–Kier alpha value is -2.79. The van der Waals surface area contributed by atoms with Gasteiger partial charge in [0.25, 0.3) is 0 Å². The molecule has 2 heterocycles. The Balaban J connectivity index is 1.56. The molecule has 0 unspecified atom stereocenters. The number of nitrogens with one attached hydrogen (secondary N) is 1. The van der Waals surface area contributed by atoms with E-state index in [0.717, 1.165) is 22.7 Å². The van der Waals surface area contributed by atoms with E-state index in [-0.39, 0.29) is 5.91 Å². The first-order chi connectivity index (χ1) is 12.1. The Morgan fingerprint density at radius 3 is 2.80 bits per heavy atom. The van der Waals surface area contributed by atoms with E-state index < -0.39 is 0 Å². The normalized spacial score (nSPS) is 11.1. The summed E-state index contributed by atoms with van der Waals surface area (Å²) in [5.74, 6) is 0.639. The molecule has 0 aliphatic heterocycles. The molecule has 0 radical (unpaired) electrons. The number of halogens is 1. The van der Waals surface area contributed by atoms with Gasteiger partial charge < -0.3 is 14.5 Å². The molecule has 0 saturated heterocycles. The SMILES string of the molecule is CCOc1ccc(/C=C/C(=O)NCc2cn3cc(Cl)ccc3n2)cc1. The largest absolute Gasteiger partial charge is 0.494 e. The Morgan fingerprint density at radius 2 is 2.04 bits per heavy atom. The molecular formula is C19H18ClN3O2. The van der Waals surface area contributed by atoms with Crippen molar-refractivity contribution in [1.29, 1.82) is 0 Å². The summed E-state index contributed by atoms with van der Waals surface area (Å²) in [4.78, 5) is 16.4. The van der Waals surface area contributed by atoms with E-state index in [9.17, 15) is 4.79 Å². The van der Waals surface area contributed by atoms with Gasteiger partial charge in [-0.2, -0.15) is 0 Å². The highest BCUT2D eigenvalue weighted by Gasteiger charge is 2.03. The molecule has 0 aliphatic rings.